The second kappa shape index (κ2) is 16.8. The van der Waals surface area contributed by atoms with Crippen LogP contribution >= 0.6 is 11.3 Å². The summed E-state index contributed by atoms with van der Waals surface area (Å²) in [4.78, 5) is 14.3. The van der Waals surface area contributed by atoms with Gasteiger partial charge >= 0.3 is 0 Å². The first-order chi connectivity index (χ1) is 25.0. The molecule has 3 heterocycles. The molecule has 0 N–H and O–H groups in total. The maximum absolute atomic E-state index is 5.35. The Hall–Kier alpha value is -5.71. The summed E-state index contributed by atoms with van der Waals surface area (Å²) in [5, 5.41) is 0.958. The van der Waals surface area contributed by atoms with Crippen LogP contribution in [-0.4, -0.2) is 15.0 Å². The Bertz CT molecular complexity index is 2300. The summed E-state index contributed by atoms with van der Waals surface area (Å²) in [6.07, 6.45) is 28.3. The van der Waals surface area contributed by atoms with Crippen molar-refractivity contribution < 1.29 is 0 Å². The number of benzene rings is 3. The number of pyridine rings is 2. The normalized spacial score (nSPS) is 12.4. The van der Waals surface area contributed by atoms with Crippen LogP contribution in [0.1, 0.15) is 53.7 Å². The van der Waals surface area contributed by atoms with Gasteiger partial charge in [0.2, 0.25) is 0 Å². The van der Waals surface area contributed by atoms with Crippen LogP contribution in [0, 0.1) is 6.92 Å². The molecule has 0 aliphatic carbocycles. The van der Waals surface area contributed by atoms with Crippen molar-refractivity contribution in [3.05, 3.63) is 180 Å². The monoisotopic (exact) mass is 681 g/mol. The highest BCUT2D eigenvalue weighted by atomic mass is 32.1. The van der Waals surface area contributed by atoms with Crippen LogP contribution in [0.2, 0.25) is 0 Å². The van der Waals surface area contributed by atoms with E-state index in [-0.39, 0.29) is 0 Å². The second-order valence-corrected chi connectivity index (χ2v) is 13.3. The molecule has 0 fully saturated rings. The van der Waals surface area contributed by atoms with E-state index >= 15 is 0 Å². The Labute approximate surface area is 306 Å². The van der Waals surface area contributed by atoms with Gasteiger partial charge in [0, 0.05) is 41.0 Å². The molecule has 0 saturated carbocycles. The van der Waals surface area contributed by atoms with Crippen molar-refractivity contribution in [2.45, 2.75) is 40.5 Å². The van der Waals surface area contributed by atoms with Crippen molar-refractivity contribution >= 4 is 39.3 Å². The molecule has 3 aromatic heterocycles. The van der Waals surface area contributed by atoms with E-state index in [1.807, 2.05) is 37.5 Å². The van der Waals surface area contributed by atoms with Crippen LogP contribution in [0.25, 0.3) is 61.3 Å². The van der Waals surface area contributed by atoms with Gasteiger partial charge < -0.3 is 0 Å². The smallest absolute Gasteiger partial charge is 0.124 e. The molecular formula is C47H43N3S. The highest BCUT2D eigenvalue weighted by Gasteiger charge is 2.18. The quantitative estimate of drug-likeness (QED) is 0.121. The molecule has 0 aliphatic heterocycles. The number of aryl methyl sites for hydroxylation is 2. The van der Waals surface area contributed by atoms with Gasteiger partial charge in [-0.05, 0) is 102 Å². The number of fused-ring (bicyclic) bond motifs is 1. The minimum Gasteiger partial charge on any atom is -0.264 e. The number of nitrogens with zero attached hydrogens (tertiary/aromatic N) is 3. The van der Waals surface area contributed by atoms with Gasteiger partial charge in [-0.3, -0.25) is 9.97 Å². The molecule has 4 heteroatoms. The van der Waals surface area contributed by atoms with E-state index in [1.165, 1.54) is 27.8 Å². The van der Waals surface area contributed by atoms with Crippen molar-refractivity contribution in [3.8, 4) is 33.4 Å². The molecular weight excluding hydrogens is 639 g/mol. The molecule has 3 nitrogen and oxygen atoms in total. The third-order valence-electron chi connectivity index (χ3n) is 8.91. The van der Waals surface area contributed by atoms with E-state index in [4.69, 9.17) is 4.98 Å². The minimum absolute atomic E-state index is 0.807. The molecule has 0 saturated heterocycles. The first-order valence-electron chi connectivity index (χ1n) is 17.5. The molecule has 3 aromatic carbocycles. The number of rotatable bonds is 12. The number of thiazole rings is 1. The molecule has 51 heavy (non-hydrogen) atoms. The SMILES string of the molecule is C=C/C=C(\C=C/Cc1ccc(-c2cccnc2)cc1)c1nc2c(-c3ccnc(C)c3/C=C\C=C/C)cc(-c3cccc(CC)c3/C=C\C)cc2s1. The first-order valence-corrected chi connectivity index (χ1v) is 18.3. The molecule has 0 spiro atoms. The van der Waals surface area contributed by atoms with Gasteiger partial charge in [0.05, 0.1) is 10.2 Å². The second-order valence-electron chi connectivity index (χ2n) is 12.3. The standard InChI is InChI=1S/C47H43N3S/c1-6-10-11-21-40-33(5)49-29-27-43(40)44-30-39(42-22-13-18-35(9-4)41(42)16-8-3)31-45-46(44)50-47(51-45)37(15-7-2)19-12-17-34-23-25-36(26-24-34)38-20-14-28-48-32-38/h6-8,10-16,18-32H,2,9,17H2,1,3-5H3/b10-6-,16-8-,19-12-,21-11-,37-15+. The first kappa shape index (κ1) is 35.1. The number of allylic oxidation sites excluding steroid dienone is 9. The van der Waals surface area contributed by atoms with Gasteiger partial charge in [0.1, 0.15) is 5.01 Å². The summed E-state index contributed by atoms with van der Waals surface area (Å²) in [5.41, 5.74) is 14.8. The van der Waals surface area contributed by atoms with Crippen LogP contribution in [0.15, 0.2) is 147 Å². The molecule has 0 bridgehead atoms. The molecule has 0 unspecified atom stereocenters. The lowest BCUT2D eigenvalue weighted by atomic mass is 9.90. The van der Waals surface area contributed by atoms with Crippen LogP contribution < -0.4 is 0 Å². The molecule has 0 atom stereocenters. The van der Waals surface area contributed by atoms with Crippen molar-refractivity contribution in [2.24, 2.45) is 0 Å². The fourth-order valence-corrected chi connectivity index (χ4v) is 7.39. The van der Waals surface area contributed by atoms with Crippen LogP contribution in [0.3, 0.4) is 0 Å². The van der Waals surface area contributed by atoms with E-state index in [9.17, 15) is 0 Å². The maximum Gasteiger partial charge on any atom is 0.124 e. The minimum atomic E-state index is 0.807. The molecule has 0 amide bonds. The summed E-state index contributed by atoms with van der Waals surface area (Å²) < 4.78 is 1.14. The maximum atomic E-state index is 5.35. The van der Waals surface area contributed by atoms with E-state index in [2.05, 4.69) is 153 Å². The van der Waals surface area contributed by atoms with Crippen LogP contribution in [0.4, 0.5) is 0 Å². The van der Waals surface area contributed by atoms with Gasteiger partial charge in [0.25, 0.3) is 0 Å². The van der Waals surface area contributed by atoms with Gasteiger partial charge in [-0.25, -0.2) is 4.98 Å². The summed E-state index contributed by atoms with van der Waals surface area (Å²) in [6, 6.07) is 26.1. The Morgan fingerprint density at radius 3 is 2.41 bits per heavy atom. The zero-order chi connectivity index (χ0) is 35.6. The number of hydrogen-bond donors (Lipinski definition) is 0. The highest BCUT2D eigenvalue weighted by Crippen LogP contribution is 2.41. The van der Waals surface area contributed by atoms with E-state index in [0.717, 1.165) is 67.2 Å². The molecule has 6 rings (SSSR count). The topological polar surface area (TPSA) is 38.7 Å². The van der Waals surface area contributed by atoms with E-state index in [0.29, 0.717) is 0 Å². The van der Waals surface area contributed by atoms with Crippen LogP contribution in [-0.2, 0) is 12.8 Å². The zero-order valence-corrected chi connectivity index (χ0v) is 30.6. The number of hydrogen-bond acceptors (Lipinski definition) is 4. The van der Waals surface area contributed by atoms with Crippen molar-refractivity contribution in [2.75, 3.05) is 0 Å². The predicted molar refractivity (Wildman–Crippen MR) is 222 cm³/mol. The van der Waals surface area contributed by atoms with Gasteiger partial charge in [-0.1, -0.05) is 123 Å². The van der Waals surface area contributed by atoms with Gasteiger partial charge in [-0.15, -0.1) is 11.3 Å². The fourth-order valence-electron chi connectivity index (χ4n) is 6.35. The predicted octanol–water partition coefficient (Wildman–Crippen LogP) is 12.9. The largest absolute Gasteiger partial charge is 0.264 e. The Kier molecular flexibility index (Phi) is 11.6. The summed E-state index contributed by atoms with van der Waals surface area (Å²) in [7, 11) is 0. The average Bonchev–Trinajstić information content (AvgIpc) is 3.60. The van der Waals surface area contributed by atoms with E-state index < -0.39 is 0 Å². The Morgan fingerprint density at radius 1 is 0.804 bits per heavy atom. The van der Waals surface area contributed by atoms with E-state index in [1.54, 1.807) is 17.5 Å². The zero-order valence-electron chi connectivity index (χ0n) is 29.8. The summed E-state index contributed by atoms with van der Waals surface area (Å²) in [5.74, 6) is 0. The Balaban J connectivity index is 1.45. The van der Waals surface area contributed by atoms with Crippen molar-refractivity contribution in [1.82, 2.24) is 15.0 Å². The van der Waals surface area contributed by atoms with Crippen molar-refractivity contribution in [1.29, 1.82) is 0 Å². The lowest BCUT2D eigenvalue weighted by molar-refractivity contribution is 1.13. The number of aromatic nitrogens is 3. The van der Waals surface area contributed by atoms with Gasteiger partial charge in [0.15, 0.2) is 0 Å². The average molecular weight is 682 g/mol. The fraction of sp³-hybridized carbons (Fsp3) is 0.128. The summed E-state index contributed by atoms with van der Waals surface area (Å²) >= 11 is 1.72. The lowest BCUT2D eigenvalue weighted by Crippen LogP contribution is -1.94. The third kappa shape index (κ3) is 8.03. The molecule has 0 aliphatic rings. The van der Waals surface area contributed by atoms with Crippen molar-refractivity contribution in [3.63, 3.8) is 0 Å². The molecule has 252 valence electrons. The molecule has 0 radical (unpaired) electrons. The third-order valence-corrected chi connectivity index (χ3v) is 9.96. The highest BCUT2D eigenvalue weighted by molar-refractivity contribution is 7.19. The lowest BCUT2D eigenvalue weighted by Gasteiger charge is -2.15. The molecule has 6 aromatic rings. The van der Waals surface area contributed by atoms with Gasteiger partial charge in [-0.2, -0.15) is 0 Å². The summed E-state index contributed by atoms with van der Waals surface area (Å²) in [6.45, 7) is 12.4. The van der Waals surface area contributed by atoms with Crippen LogP contribution in [0.5, 0.6) is 0 Å². The Morgan fingerprint density at radius 2 is 1.67 bits per heavy atom.